The van der Waals surface area contributed by atoms with Crippen molar-refractivity contribution >= 4 is 17.8 Å². The Hall–Kier alpha value is -2.75. The van der Waals surface area contributed by atoms with Crippen LogP contribution in [0.25, 0.3) is 0 Å². The first-order chi connectivity index (χ1) is 14.4. The molecule has 0 aromatic heterocycles. The molecule has 2 aliphatic rings. The number of hydrogen-bond donors (Lipinski definition) is 1. The van der Waals surface area contributed by atoms with E-state index in [-0.39, 0.29) is 13.0 Å². The van der Waals surface area contributed by atoms with Crippen LogP contribution in [0.1, 0.15) is 32.1 Å². The molecule has 1 aromatic rings. The van der Waals surface area contributed by atoms with Crippen LogP contribution in [0.15, 0.2) is 43.0 Å². The fraction of sp³-hybridized carbons (Fsp3) is 0.476. The van der Waals surface area contributed by atoms with E-state index in [2.05, 4.69) is 11.9 Å². The second-order valence-corrected chi connectivity index (χ2v) is 6.89. The molecule has 0 bridgehead atoms. The molecule has 0 radical (unpaired) electrons. The summed E-state index contributed by atoms with van der Waals surface area (Å²) in [4.78, 5) is 35.8. The summed E-state index contributed by atoms with van der Waals surface area (Å²) < 4.78 is 28.6. The summed E-state index contributed by atoms with van der Waals surface area (Å²) in [5, 5.41) is 2.65. The van der Waals surface area contributed by atoms with Gasteiger partial charge in [-0.1, -0.05) is 43.8 Å². The maximum atomic E-state index is 12.1. The van der Waals surface area contributed by atoms with Crippen LogP contribution >= 0.6 is 0 Å². The number of esters is 2. The second kappa shape index (κ2) is 9.84. The van der Waals surface area contributed by atoms with E-state index in [4.69, 9.17) is 23.7 Å². The third kappa shape index (κ3) is 5.05. The van der Waals surface area contributed by atoms with Crippen molar-refractivity contribution in [1.82, 2.24) is 5.32 Å². The number of nitrogens with one attached hydrogen (secondary N) is 1. The Kier molecular flexibility index (Phi) is 7.20. The Balaban J connectivity index is 1.90. The highest BCUT2D eigenvalue weighted by Gasteiger charge is 2.53. The summed E-state index contributed by atoms with van der Waals surface area (Å²) in [6.45, 7) is 6.43. The molecule has 0 spiro atoms. The maximum absolute atomic E-state index is 12.1. The quantitative estimate of drug-likeness (QED) is 0.544. The Labute approximate surface area is 174 Å². The van der Waals surface area contributed by atoms with Gasteiger partial charge >= 0.3 is 11.9 Å². The number of amides is 1. The van der Waals surface area contributed by atoms with Crippen molar-refractivity contribution in [2.24, 2.45) is 0 Å². The van der Waals surface area contributed by atoms with E-state index in [1.165, 1.54) is 6.92 Å². The number of fused-ring (bicyclic) bond motifs is 1. The van der Waals surface area contributed by atoms with E-state index in [1.807, 2.05) is 30.3 Å². The standard InChI is InChI=1S/C21H25NO8/c1-4-15(24)28-19-17(22-12(3)23)21(29-16(25)5-2)27-14-11-26-20(30-18(14)19)13-9-7-6-8-10-13/h5-10,14,17-21H,2,4,11H2,1,3H3,(H,22,23)/t14-,17+,18-,19-,20-,21+/m1/s1. The Morgan fingerprint density at radius 3 is 2.57 bits per heavy atom. The normalized spacial score (nSPS) is 30.5. The first-order valence-corrected chi connectivity index (χ1v) is 9.70. The maximum Gasteiger partial charge on any atom is 0.332 e. The van der Waals surface area contributed by atoms with Gasteiger partial charge in [0.15, 0.2) is 12.4 Å². The molecule has 2 aliphatic heterocycles. The summed E-state index contributed by atoms with van der Waals surface area (Å²) in [7, 11) is 0. The smallest absolute Gasteiger partial charge is 0.332 e. The van der Waals surface area contributed by atoms with Crippen molar-refractivity contribution in [3.05, 3.63) is 48.6 Å². The molecule has 9 nitrogen and oxygen atoms in total. The predicted molar refractivity (Wildman–Crippen MR) is 103 cm³/mol. The minimum absolute atomic E-state index is 0.110. The average molecular weight is 419 g/mol. The lowest BCUT2D eigenvalue weighted by Crippen LogP contribution is -2.67. The van der Waals surface area contributed by atoms with Gasteiger partial charge in [-0.25, -0.2) is 4.79 Å². The minimum atomic E-state index is -1.21. The van der Waals surface area contributed by atoms with Gasteiger partial charge in [-0.3, -0.25) is 9.59 Å². The molecule has 0 saturated carbocycles. The first kappa shape index (κ1) is 21.9. The second-order valence-electron chi connectivity index (χ2n) is 6.89. The lowest BCUT2D eigenvalue weighted by Gasteiger charge is -2.48. The molecule has 2 saturated heterocycles. The lowest BCUT2D eigenvalue weighted by molar-refractivity contribution is -0.339. The molecule has 162 valence electrons. The van der Waals surface area contributed by atoms with Gasteiger partial charge in [0.05, 0.1) is 6.61 Å². The molecule has 3 rings (SSSR count). The number of carbonyl (C=O) groups excluding carboxylic acids is 3. The molecule has 1 amide bonds. The monoisotopic (exact) mass is 419 g/mol. The Morgan fingerprint density at radius 2 is 1.93 bits per heavy atom. The van der Waals surface area contributed by atoms with Crippen LogP contribution in [0.2, 0.25) is 0 Å². The van der Waals surface area contributed by atoms with Crippen LogP contribution in [0.4, 0.5) is 0 Å². The molecule has 9 heteroatoms. The van der Waals surface area contributed by atoms with Gasteiger partial charge in [-0.2, -0.15) is 0 Å². The summed E-state index contributed by atoms with van der Waals surface area (Å²) >= 11 is 0. The lowest BCUT2D eigenvalue weighted by atomic mass is 9.95. The largest absolute Gasteiger partial charge is 0.457 e. The Morgan fingerprint density at radius 1 is 1.20 bits per heavy atom. The van der Waals surface area contributed by atoms with E-state index >= 15 is 0 Å². The van der Waals surface area contributed by atoms with Crippen molar-refractivity contribution in [2.75, 3.05) is 6.61 Å². The molecular weight excluding hydrogens is 394 g/mol. The fourth-order valence-electron chi connectivity index (χ4n) is 3.38. The Bertz CT molecular complexity index is 782. The van der Waals surface area contributed by atoms with Crippen molar-refractivity contribution in [3.8, 4) is 0 Å². The zero-order chi connectivity index (χ0) is 21.7. The van der Waals surface area contributed by atoms with Crippen molar-refractivity contribution in [2.45, 2.75) is 57.2 Å². The highest BCUT2D eigenvalue weighted by atomic mass is 16.8. The molecule has 1 aromatic carbocycles. The van der Waals surface area contributed by atoms with Crippen LogP contribution in [-0.2, 0) is 38.1 Å². The zero-order valence-corrected chi connectivity index (χ0v) is 16.8. The highest BCUT2D eigenvalue weighted by Crippen LogP contribution is 2.35. The molecule has 1 N–H and O–H groups in total. The molecule has 2 heterocycles. The van der Waals surface area contributed by atoms with Crippen LogP contribution < -0.4 is 5.32 Å². The molecule has 0 aliphatic carbocycles. The molecule has 30 heavy (non-hydrogen) atoms. The number of benzene rings is 1. The van der Waals surface area contributed by atoms with E-state index < -0.39 is 54.8 Å². The summed E-state index contributed by atoms with van der Waals surface area (Å²) in [6, 6.07) is 8.30. The molecule has 6 atom stereocenters. The van der Waals surface area contributed by atoms with E-state index in [0.717, 1.165) is 11.6 Å². The van der Waals surface area contributed by atoms with Gasteiger partial charge in [0, 0.05) is 25.0 Å². The predicted octanol–water partition coefficient (Wildman–Crippen LogP) is 1.38. The van der Waals surface area contributed by atoms with Gasteiger partial charge in [-0.15, -0.1) is 0 Å². The van der Waals surface area contributed by atoms with Gasteiger partial charge in [-0.05, 0) is 0 Å². The van der Waals surface area contributed by atoms with E-state index in [1.54, 1.807) is 6.92 Å². The van der Waals surface area contributed by atoms with Gasteiger partial charge in [0.1, 0.15) is 18.2 Å². The summed E-state index contributed by atoms with van der Waals surface area (Å²) in [5.74, 6) is -1.64. The van der Waals surface area contributed by atoms with Gasteiger partial charge in [0.2, 0.25) is 12.2 Å². The third-order valence-corrected chi connectivity index (χ3v) is 4.74. The van der Waals surface area contributed by atoms with Crippen LogP contribution in [-0.4, -0.2) is 55.1 Å². The highest BCUT2D eigenvalue weighted by molar-refractivity contribution is 5.81. The topological polar surface area (TPSA) is 109 Å². The zero-order valence-electron chi connectivity index (χ0n) is 16.8. The average Bonchev–Trinajstić information content (AvgIpc) is 2.75. The van der Waals surface area contributed by atoms with Crippen molar-refractivity contribution in [3.63, 3.8) is 0 Å². The third-order valence-electron chi connectivity index (χ3n) is 4.74. The molecule has 2 fully saturated rings. The number of ether oxygens (including phenoxy) is 5. The van der Waals surface area contributed by atoms with Gasteiger partial charge in [0.25, 0.3) is 0 Å². The van der Waals surface area contributed by atoms with Crippen molar-refractivity contribution in [1.29, 1.82) is 0 Å². The van der Waals surface area contributed by atoms with Crippen LogP contribution in [0, 0.1) is 0 Å². The van der Waals surface area contributed by atoms with Crippen LogP contribution in [0.3, 0.4) is 0 Å². The number of rotatable bonds is 6. The summed E-state index contributed by atoms with van der Waals surface area (Å²) in [6.07, 6.45) is -3.22. The number of hydrogen-bond acceptors (Lipinski definition) is 8. The SMILES string of the molecule is C=CC(=O)O[C@@H]1O[C@@H]2CO[C@@H](c3ccccc3)O[C@H]2[C@H](OC(=O)CC)[C@@H]1NC(C)=O. The minimum Gasteiger partial charge on any atom is -0.457 e. The summed E-state index contributed by atoms with van der Waals surface area (Å²) in [5.41, 5.74) is 0.785. The first-order valence-electron chi connectivity index (χ1n) is 9.70. The van der Waals surface area contributed by atoms with Crippen LogP contribution in [0.5, 0.6) is 0 Å². The van der Waals surface area contributed by atoms with E-state index in [9.17, 15) is 14.4 Å². The van der Waals surface area contributed by atoms with Gasteiger partial charge < -0.3 is 29.0 Å². The fourth-order valence-corrected chi connectivity index (χ4v) is 3.38. The van der Waals surface area contributed by atoms with E-state index in [0.29, 0.717) is 0 Å². The molecular formula is C21H25NO8. The number of carbonyl (C=O) groups is 3. The molecule has 0 unspecified atom stereocenters. The van der Waals surface area contributed by atoms with Crippen molar-refractivity contribution < 1.29 is 38.1 Å².